The van der Waals surface area contributed by atoms with E-state index in [0.717, 1.165) is 42.7 Å². The van der Waals surface area contributed by atoms with E-state index in [1.54, 1.807) is 4.90 Å². The van der Waals surface area contributed by atoms with Gasteiger partial charge in [-0.3, -0.25) is 9.69 Å². The van der Waals surface area contributed by atoms with Crippen LogP contribution in [0, 0.1) is 13.8 Å². The summed E-state index contributed by atoms with van der Waals surface area (Å²) in [5, 5.41) is 0. The highest BCUT2D eigenvalue weighted by atomic mass is 19.4. The molecule has 0 aliphatic carbocycles. The number of carbonyl (C=O) groups is 1. The Hall–Kier alpha value is -2.62. The summed E-state index contributed by atoms with van der Waals surface area (Å²) in [5.74, 6) is 0.676. The molecule has 0 saturated carbocycles. The maximum Gasteiger partial charge on any atom is 0.416 e. The van der Waals surface area contributed by atoms with Gasteiger partial charge in [0.05, 0.1) is 12.2 Å². The van der Waals surface area contributed by atoms with Crippen molar-refractivity contribution < 1.29 is 22.7 Å². The van der Waals surface area contributed by atoms with Crippen molar-refractivity contribution >= 4 is 5.91 Å². The fourth-order valence-corrected chi connectivity index (χ4v) is 5.21. The van der Waals surface area contributed by atoms with Crippen LogP contribution in [0.5, 0.6) is 5.75 Å². The summed E-state index contributed by atoms with van der Waals surface area (Å²) < 4.78 is 44.7. The SMILES string of the molecule is Cc1c(OCCCCC(N)C(C)N(C)C)ccc(C(C)N2CCN(C(=O)c3ccc(C(F)(F)F)cc3)CC2)c1C. The van der Waals surface area contributed by atoms with Gasteiger partial charge in [0.2, 0.25) is 0 Å². The lowest BCUT2D eigenvalue weighted by atomic mass is 9.96. The Morgan fingerprint density at radius 3 is 2.17 bits per heavy atom. The normalized spacial score (nSPS) is 17.1. The van der Waals surface area contributed by atoms with Crippen LogP contribution in [0.2, 0.25) is 0 Å². The first-order valence-corrected chi connectivity index (χ1v) is 14.2. The Morgan fingerprint density at radius 2 is 1.60 bits per heavy atom. The molecule has 0 radical (unpaired) electrons. The zero-order valence-electron chi connectivity index (χ0n) is 24.7. The number of likely N-dealkylation sites (N-methyl/N-ethyl adjacent to an activating group) is 1. The smallest absolute Gasteiger partial charge is 0.416 e. The minimum absolute atomic E-state index is 0.157. The predicted octanol–water partition coefficient (Wildman–Crippen LogP) is 5.67. The molecular weight excluding hydrogens is 517 g/mol. The Morgan fingerprint density at radius 1 is 0.975 bits per heavy atom. The third-order valence-electron chi connectivity index (χ3n) is 8.46. The van der Waals surface area contributed by atoms with Gasteiger partial charge in [0.15, 0.2) is 0 Å². The van der Waals surface area contributed by atoms with E-state index in [4.69, 9.17) is 10.5 Å². The highest BCUT2D eigenvalue weighted by molar-refractivity contribution is 5.94. The van der Waals surface area contributed by atoms with Crippen LogP contribution in [-0.4, -0.2) is 79.6 Å². The van der Waals surface area contributed by atoms with Gasteiger partial charge in [0, 0.05) is 49.9 Å². The number of piperazine rings is 1. The number of rotatable bonds is 11. The molecule has 3 rings (SSSR count). The first-order valence-electron chi connectivity index (χ1n) is 14.2. The Bertz CT molecular complexity index is 1110. The molecule has 1 aliphatic rings. The molecule has 3 unspecified atom stereocenters. The van der Waals surface area contributed by atoms with Crippen LogP contribution in [0.25, 0.3) is 0 Å². The number of nitrogens with zero attached hydrogens (tertiary/aromatic N) is 3. The summed E-state index contributed by atoms with van der Waals surface area (Å²) in [5.41, 5.74) is 9.39. The van der Waals surface area contributed by atoms with E-state index in [1.165, 1.54) is 23.3 Å². The van der Waals surface area contributed by atoms with Crippen molar-refractivity contribution in [1.29, 1.82) is 0 Å². The molecule has 2 N–H and O–H groups in total. The van der Waals surface area contributed by atoms with Crippen molar-refractivity contribution in [2.45, 2.75) is 71.3 Å². The molecule has 3 atom stereocenters. The first kappa shape index (κ1) is 31.9. The van der Waals surface area contributed by atoms with E-state index in [2.05, 4.69) is 63.7 Å². The maximum atomic E-state index is 12.9. The van der Waals surface area contributed by atoms with Crippen LogP contribution in [0.15, 0.2) is 36.4 Å². The van der Waals surface area contributed by atoms with Gasteiger partial charge in [-0.15, -0.1) is 0 Å². The lowest BCUT2D eigenvalue weighted by molar-refractivity contribution is -0.137. The first-order chi connectivity index (χ1) is 18.8. The molecule has 222 valence electrons. The summed E-state index contributed by atoms with van der Waals surface area (Å²) in [6, 6.07) is 9.31. The number of hydrogen-bond donors (Lipinski definition) is 1. The van der Waals surface area contributed by atoms with Crippen molar-refractivity contribution in [1.82, 2.24) is 14.7 Å². The molecule has 40 heavy (non-hydrogen) atoms. The fourth-order valence-electron chi connectivity index (χ4n) is 5.21. The molecule has 1 saturated heterocycles. The van der Waals surface area contributed by atoms with E-state index in [0.29, 0.717) is 38.8 Å². The Labute approximate surface area is 237 Å². The van der Waals surface area contributed by atoms with Crippen LogP contribution in [0.1, 0.15) is 71.8 Å². The highest BCUT2D eigenvalue weighted by Gasteiger charge is 2.31. The van der Waals surface area contributed by atoms with Crippen LogP contribution in [-0.2, 0) is 6.18 Å². The number of amides is 1. The molecule has 1 heterocycles. The van der Waals surface area contributed by atoms with Crippen LogP contribution < -0.4 is 10.5 Å². The Balaban J connectivity index is 1.50. The molecule has 0 aromatic heterocycles. The van der Waals surface area contributed by atoms with Gasteiger partial charge < -0.3 is 20.3 Å². The second kappa shape index (κ2) is 13.8. The number of nitrogens with two attached hydrogens (primary N) is 1. The second-order valence-corrected chi connectivity index (χ2v) is 11.2. The highest BCUT2D eigenvalue weighted by Crippen LogP contribution is 2.32. The zero-order valence-corrected chi connectivity index (χ0v) is 24.7. The van der Waals surface area contributed by atoms with Gasteiger partial charge in [0.25, 0.3) is 5.91 Å². The number of unbranched alkanes of at least 4 members (excludes halogenated alkanes) is 1. The molecule has 9 heteroatoms. The summed E-state index contributed by atoms with van der Waals surface area (Å²) in [4.78, 5) is 19.1. The number of ether oxygens (including phenoxy) is 1. The average Bonchev–Trinajstić information content (AvgIpc) is 2.93. The maximum absolute atomic E-state index is 12.9. The minimum Gasteiger partial charge on any atom is -0.493 e. The van der Waals surface area contributed by atoms with Crippen molar-refractivity contribution in [3.8, 4) is 5.75 Å². The van der Waals surface area contributed by atoms with Gasteiger partial charge in [-0.05, 0) is 108 Å². The zero-order chi connectivity index (χ0) is 29.6. The summed E-state index contributed by atoms with van der Waals surface area (Å²) in [7, 11) is 4.11. The number of carbonyl (C=O) groups excluding carboxylic acids is 1. The van der Waals surface area contributed by atoms with Crippen molar-refractivity contribution in [3.05, 3.63) is 64.2 Å². The lowest BCUT2D eigenvalue weighted by Crippen LogP contribution is -2.49. The van der Waals surface area contributed by atoms with E-state index in [1.807, 2.05) is 0 Å². The van der Waals surface area contributed by atoms with Gasteiger partial charge in [-0.25, -0.2) is 0 Å². The van der Waals surface area contributed by atoms with Crippen molar-refractivity contribution in [2.24, 2.45) is 5.73 Å². The molecule has 1 amide bonds. The van der Waals surface area contributed by atoms with Gasteiger partial charge in [-0.2, -0.15) is 13.2 Å². The van der Waals surface area contributed by atoms with Crippen molar-refractivity contribution in [2.75, 3.05) is 46.9 Å². The van der Waals surface area contributed by atoms with Crippen LogP contribution in [0.3, 0.4) is 0 Å². The van der Waals surface area contributed by atoms with Gasteiger partial charge >= 0.3 is 6.18 Å². The molecule has 6 nitrogen and oxygen atoms in total. The summed E-state index contributed by atoms with van der Waals surface area (Å²) >= 11 is 0. The van der Waals surface area contributed by atoms with Gasteiger partial charge in [-0.1, -0.05) is 6.07 Å². The van der Waals surface area contributed by atoms with E-state index >= 15 is 0 Å². The predicted molar refractivity (Wildman–Crippen MR) is 154 cm³/mol. The monoisotopic (exact) mass is 562 g/mol. The summed E-state index contributed by atoms with van der Waals surface area (Å²) in [6.45, 7) is 11.6. The average molecular weight is 563 g/mol. The van der Waals surface area contributed by atoms with E-state index < -0.39 is 11.7 Å². The summed E-state index contributed by atoms with van der Waals surface area (Å²) in [6.07, 6.45) is -1.45. The number of alkyl halides is 3. The van der Waals surface area contributed by atoms with Crippen molar-refractivity contribution in [3.63, 3.8) is 0 Å². The largest absolute Gasteiger partial charge is 0.493 e. The number of halogens is 3. The number of benzene rings is 2. The molecule has 1 fully saturated rings. The van der Waals surface area contributed by atoms with E-state index in [9.17, 15) is 18.0 Å². The van der Waals surface area contributed by atoms with E-state index in [-0.39, 0.29) is 23.6 Å². The molecule has 0 spiro atoms. The minimum atomic E-state index is -4.41. The third-order valence-corrected chi connectivity index (χ3v) is 8.46. The van der Waals surface area contributed by atoms with Crippen LogP contribution >= 0.6 is 0 Å². The topological polar surface area (TPSA) is 62.0 Å². The molecule has 2 aromatic carbocycles. The van der Waals surface area contributed by atoms with Gasteiger partial charge in [0.1, 0.15) is 5.75 Å². The number of hydrogen-bond acceptors (Lipinski definition) is 5. The molecule has 0 bridgehead atoms. The van der Waals surface area contributed by atoms with Crippen LogP contribution in [0.4, 0.5) is 13.2 Å². The molecule has 1 aliphatic heterocycles. The molecule has 2 aromatic rings. The molecular formula is C31H45F3N4O2. The third kappa shape index (κ3) is 7.98. The lowest BCUT2D eigenvalue weighted by Gasteiger charge is -2.39. The second-order valence-electron chi connectivity index (χ2n) is 11.2. The quantitative estimate of drug-likeness (QED) is 0.358. The standard InChI is InChI=1S/C31H45F3N4O2/c1-21-22(2)29(40-20-8-7-9-28(35)24(4)36(5)6)15-14-27(21)23(3)37-16-18-38(19-17-37)30(39)25-10-12-26(13-11-25)31(32,33)34/h10-15,23-24,28H,7-9,16-20,35H2,1-6H3. The fraction of sp³-hybridized carbons (Fsp3) is 0.581. The Kier molecular flexibility index (Phi) is 11.0.